The fourth-order valence-electron chi connectivity index (χ4n) is 3.39. The summed E-state index contributed by atoms with van der Waals surface area (Å²) in [6.07, 6.45) is 7.81. The minimum absolute atomic E-state index is 0.0516. The van der Waals surface area contributed by atoms with Gasteiger partial charge in [-0.3, -0.25) is 4.79 Å². The fraction of sp³-hybridized carbons (Fsp3) is 0.412. The van der Waals surface area contributed by atoms with Crippen molar-refractivity contribution >= 4 is 10.0 Å². The topological polar surface area (TPSA) is 108 Å². The van der Waals surface area contributed by atoms with E-state index in [-0.39, 0.29) is 16.6 Å². The molecular weight excluding hydrogens is 382 g/mol. The maximum atomic E-state index is 12.7. The summed E-state index contributed by atoms with van der Waals surface area (Å²) in [5.41, 5.74) is -0.182. The van der Waals surface area contributed by atoms with Crippen LogP contribution in [0.3, 0.4) is 0 Å². The molecule has 1 saturated heterocycles. The molecule has 0 N–H and O–H groups in total. The summed E-state index contributed by atoms with van der Waals surface area (Å²) in [5, 5.41) is 8.57. The minimum atomic E-state index is -3.60. The van der Waals surface area contributed by atoms with E-state index in [0.717, 1.165) is 0 Å². The van der Waals surface area contributed by atoms with Crippen molar-refractivity contribution in [2.24, 2.45) is 13.0 Å². The molecule has 0 bridgehead atoms. The maximum absolute atomic E-state index is 12.7. The summed E-state index contributed by atoms with van der Waals surface area (Å²) in [7, 11) is -1.94. The number of hydrogen-bond acceptors (Lipinski definition) is 6. The largest absolute Gasteiger partial charge is 0.324 e. The van der Waals surface area contributed by atoms with Crippen molar-refractivity contribution in [2.75, 3.05) is 13.1 Å². The first-order chi connectivity index (χ1) is 13.4. The second-order valence-corrected chi connectivity index (χ2v) is 8.66. The lowest BCUT2D eigenvalue weighted by atomic mass is 9.98. The summed E-state index contributed by atoms with van der Waals surface area (Å²) in [6, 6.07) is 4.90. The van der Waals surface area contributed by atoms with E-state index in [0.29, 0.717) is 38.3 Å². The van der Waals surface area contributed by atoms with Crippen LogP contribution in [0, 0.1) is 5.92 Å². The summed E-state index contributed by atoms with van der Waals surface area (Å²) in [4.78, 5) is 16.1. The third kappa shape index (κ3) is 3.50. The van der Waals surface area contributed by atoms with Gasteiger partial charge in [-0.2, -0.15) is 9.40 Å². The molecule has 0 aliphatic carbocycles. The number of rotatable bonds is 5. The van der Waals surface area contributed by atoms with Gasteiger partial charge in [0.2, 0.25) is 5.16 Å². The second-order valence-electron chi connectivity index (χ2n) is 6.83. The van der Waals surface area contributed by atoms with Crippen LogP contribution in [0.15, 0.2) is 52.9 Å². The van der Waals surface area contributed by atoms with E-state index in [1.807, 2.05) is 0 Å². The van der Waals surface area contributed by atoms with Crippen molar-refractivity contribution in [3.8, 4) is 5.82 Å². The van der Waals surface area contributed by atoms with Gasteiger partial charge in [0.15, 0.2) is 5.82 Å². The summed E-state index contributed by atoms with van der Waals surface area (Å²) < 4.78 is 31.5. The van der Waals surface area contributed by atoms with E-state index in [9.17, 15) is 13.2 Å². The molecule has 0 amide bonds. The SMILES string of the molecule is Cn1ccnc1S(=O)(=O)N1CCC(Cn2nc(-n3cccn3)ccc2=O)CC1. The van der Waals surface area contributed by atoms with Crippen molar-refractivity contribution in [3.05, 3.63) is 53.3 Å². The van der Waals surface area contributed by atoms with E-state index in [2.05, 4.69) is 15.2 Å². The third-order valence-electron chi connectivity index (χ3n) is 4.94. The Morgan fingerprint density at radius 2 is 1.93 bits per heavy atom. The van der Waals surface area contributed by atoms with Crippen molar-refractivity contribution in [1.82, 2.24) is 33.4 Å². The van der Waals surface area contributed by atoms with Crippen LogP contribution in [0.4, 0.5) is 0 Å². The monoisotopic (exact) mass is 403 g/mol. The van der Waals surface area contributed by atoms with Crippen LogP contribution in [0.1, 0.15) is 12.8 Å². The average Bonchev–Trinajstić information content (AvgIpc) is 3.36. The molecular formula is C17H21N7O3S. The molecule has 0 spiro atoms. The van der Waals surface area contributed by atoms with E-state index in [4.69, 9.17) is 0 Å². The quantitative estimate of drug-likeness (QED) is 0.605. The lowest BCUT2D eigenvalue weighted by Gasteiger charge is -2.30. The standard InChI is InChI=1S/C17H21N7O3S/c1-21-12-8-18-17(21)28(26,27)22-10-5-14(6-11-22)13-24-16(25)4-3-15(20-24)23-9-2-7-19-23/h2-4,7-9,12,14H,5-6,10-11,13H2,1H3. The van der Waals surface area contributed by atoms with Gasteiger partial charge in [-0.25, -0.2) is 22.8 Å². The summed E-state index contributed by atoms with van der Waals surface area (Å²) in [5.74, 6) is 0.741. The van der Waals surface area contributed by atoms with E-state index in [1.54, 1.807) is 42.5 Å². The van der Waals surface area contributed by atoms with Crippen molar-refractivity contribution in [1.29, 1.82) is 0 Å². The Hall–Kier alpha value is -2.79. The van der Waals surface area contributed by atoms with Crippen LogP contribution in [-0.4, -0.2) is 54.9 Å². The van der Waals surface area contributed by atoms with Gasteiger partial charge in [0.25, 0.3) is 15.6 Å². The molecule has 148 valence electrons. The molecule has 4 heterocycles. The molecule has 0 radical (unpaired) electrons. The maximum Gasteiger partial charge on any atom is 0.276 e. The highest BCUT2D eigenvalue weighted by Gasteiger charge is 2.32. The number of hydrogen-bond donors (Lipinski definition) is 0. The molecule has 1 aliphatic heterocycles. The predicted molar refractivity (Wildman–Crippen MR) is 100 cm³/mol. The molecule has 0 unspecified atom stereocenters. The van der Waals surface area contributed by atoms with Gasteiger partial charge < -0.3 is 4.57 Å². The average molecular weight is 403 g/mol. The Bertz CT molecular complexity index is 1110. The Labute approximate surface area is 162 Å². The first-order valence-corrected chi connectivity index (χ1v) is 10.4. The number of nitrogens with zero attached hydrogens (tertiary/aromatic N) is 7. The van der Waals surface area contributed by atoms with Crippen LogP contribution < -0.4 is 5.56 Å². The lowest BCUT2D eigenvalue weighted by molar-refractivity contribution is 0.243. The summed E-state index contributed by atoms with van der Waals surface area (Å²) in [6.45, 7) is 1.24. The normalized spacial score (nSPS) is 16.5. The molecule has 1 fully saturated rings. The van der Waals surface area contributed by atoms with E-state index < -0.39 is 10.0 Å². The van der Waals surface area contributed by atoms with Crippen molar-refractivity contribution in [3.63, 3.8) is 0 Å². The number of aromatic nitrogens is 6. The predicted octanol–water partition coefficient (Wildman–Crippen LogP) is 0.263. The molecule has 0 aromatic carbocycles. The van der Waals surface area contributed by atoms with Gasteiger partial charge in [0.1, 0.15) is 0 Å². The van der Waals surface area contributed by atoms with Crippen LogP contribution in [0.2, 0.25) is 0 Å². The van der Waals surface area contributed by atoms with Gasteiger partial charge in [-0.15, -0.1) is 5.10 Å². The van der Waals surface area contributed by atoms with Crippen molar-refractivity contribution in [2.45, 2.75) is 24.5 Å². The van der Waals surface area contributed by atoms with Gasteiger partial charge in [0, 0.05) is 57.5 Å². The highest BCUT2D eigenvalue weighted by molar-refractivity contribution is 7.89. The Balaban J connectivity index is 1.45. The molecule has 4 rings (SSSR count). The number of imidazole rings is 1. The minimum Gasteiger partial charge on any atom is -0.324 e. The Kier molecular flexibility index (Phi) is 4.85. The van der Waals surface area contributed by atoms with Crippen LogP contribution in [0.5, 0.6) is 0 Å². The van der Waals surface area contributed by atoms with Gasteiger partial charge >= 0.3 is 0 Å². The molecule has 3 aromatic heterocycles. The molecule has 10 nitrogen and oxygen atoms in total. The Morgan fingerprint density at radius 1 is 1.14 bits per heavy atom. The smallest absolute Gasteiger partial charge is 0.276 e. The van der Waals surface area contributed by atoms with Crippen LogP contribution in [0.25, 0.3) is 5.82 Å². The number of sulfonamides is 1. The zero-order valence-corrected chi connectivity index (χ0v) is 16.2. The molecule has 28 heavy (non-hydrogen) atoms. The summed E-state index contributed by atoms with van der Waals surface area (Å²) >= 11 is 0. The first-order valence-electron chi connectivity index (χ1n) is 9.01. The highest BCUT2D eigenvalue weighted by Crippen LogP contribution is 2.23. The zero-order valence-electron chi connectivity index (χ0n) is 15.4. The third-order valence-corrected chi connectivity index (χ3v) is 6.84. The zero-order chi connectivity index (χ0) is 19.7. The van der Waals surface area contributed by atoms with Gasteiger partial charge in [-0.05, 0) is 30.9 Å². The highest BCUT2D eigenvalue weighted by atomic mass is 32.2. The molecule has 1 aliphatic rings. The molecule has 0 atom stereocenters. The van der Waals surface area contributed by atoms with Crippen LogP contribution >= 0.6 is 0 Å². The molecule has 11 heteroatoms. The first kappa shape index (κ1) is 18.6. The fourth-order valence-corrected chi connectivity index (χ4v) is 4.93. The number of piperidine rings is 1. The number of aryl methyl sites for hydroxylation is 1. The molecule has 3 aromatic rings. The van der Waals surface area contributed by atoms with Gasteiger partial charge in [0.05, 0.1) is 0 Å². The molecule has 0 saturated carbocycles. The van der Waals surface area contributed by atoms with Gasteiger partial charge in [-0.1, -0.05) is 0 Å². The van der Waals surface area contributed by atoms with Crippen molar-refractivity contribution < 1.29 is 8.42 Å². The van der Waals surface area contributed by atoms with E-state index >= 15 is 0 Å². The van der Waals surface area contributed by atoms with E-state index in [1.165, 1.54) is 25.8 Å². The van der Waals surface area contributed by atoms with Crippen LogP contribution in [-0.2, 0) is 23.6 Å². The Morgan fingerprint density at radius 3 is 2.57 bits per heavy atom. The second kappa shape index (κ2) is 7.32. The lowest BCUT2D eigenvalue weighted by Crippen LogP contribution is -2.41.